The molecule has 0 aliphatic carbocycles. The third-order valence-corrected chi connectivity index (χ3v) is 4.13. The fourth-order valence-electron chi connectivity index (χ4n) is 2.49. The fourth-order valence-corrected chi connectivity index (χ4v) is 2.75. The molecule has 0 saturated heterocycles. The van der Waals surface area contributed by atoms with Crippen molar-refractivity contribution in [2.75, 3.05) is 7.11 Å². The highest BCUT2D eigenvalue weighted by Gasteiger charge is 2.27. The lowest BCUT2D eigenvalue weighted by Gasteiger charge is -2.30. The Bertz CT molecular complexity index is 612. The Morgan fingerprint density at radius 3 is 2.65 bits per heavy atom. The molecule has 1 heterocycles. The molecular weight excluding hydrogens is 318 g/mol. The van der Waals surface area contributed by atoms with E-state index in [1.807, 2.05) is 30.3 Å². The number of hydrogen-bond acceptors (Lipinski definition) is 3. The summed E-state index contributed by atoms with van der Waals surface area (Å²) in [4.78, 5) is 0. The number of halogens is 1. The summed E-state index contributed by atoms with van der Waals surface area (Å²) >= 11 is 3.44. The molecule has 0 bridgehead atoms. The summed E-state index contributed by atoms with van der Waals surface area (Å²) in [5.41, 5.74) is 8.44. The third kappa shape index (κ3) is 2.53. The number of hydrogen-bond donors (Lipinski definition) is 1. The molecule has 0 saturated carbocycles. The number of rotatable bonds is 2. The van der Waals surface area contributed by atoms with E-state index in [1.165, 1.54) is 0 Å². The highest BCUT2D eigenvalue weighted by molar-refractivity contribution is 9.10. The van der Waals surface area contributed by atoms with E-state index in [-0.39, 0.29) is 12.1 Å². The van der Waals surface area contributed by atoms with Crippen LogP contribution in [0.1, 0.15) is 29.7 Å². The van der Waals surface area contributed by atoms with E-state index in [0.29, 0.717) is 0 Å². The van der Waals surface area contributed by atoms with Gasteiger partial charge in [0, 0.05) is 28.6 Å². The van der Waals surface area contributed by atoms with Crippen molar-refractivity contribution in [3.8, 4) is 11.5 Å². The Labute approximate surface area is 126 Å². The van der Waals surface area contributed by atoms with Crippen LogP contribution in [0, 0.1) is 0 Å². The predicted molar refractivity (Wildman–Crippen MR) is 82.1 cm³/mol. The Kier molecular flexibility index (Phi) is 3.68. The van der Waals surface area contributed by atoms with Crippen LogP contribution in [-0.2, 0) is 0 Å². The number of fused-ring (bicyclic) bond motifs is 1. The van der Waals surface area contributed by atoms with Gasteiger partial charge >= 0.3 is 0 Å². The first-order valence-electron chi connectivity index (χ1n) is 6.53. The number of ether oxygens (including phenoxy) is 2. The average Bonchev–Trinajstić information content (AvgIpc) is 2.47. The topological polar surface area (TPSA) is 44.5 Å². The van der Waals surface area contributed by atoms with Crippen LogP contribution in [0.2, 0.25) is 0 Å². The second-order valence-corrected chi connectivity index (χ2v) is 5.82. The van der Waals surface area contributed by atoms with Gasteiger partial charge in [-0.15, -0.1) is 0 Å². The molecule has 0 aromatic heterocycles. The lowest BCUT2D eigenvalue weighted by atomic mass is 9.93. The van der Waals surface area contributed by atoms with Crippen LogP contribution in [0.15, 0.2) is 46.9 Å². The Balaban J connectivity index is 1.92. The fraction of sp³-hybridized carbons (Fsp3) is 0.250. The van der Waals surface area contributed by atoms with Gasteiger partial charge in [-0.3, -0.25) is 0 Å². The van der Waals surface area contributed by atoms with E-state index >= 15 is 0 Å². The first kappa shape index (κ1) is 13.5. The lowest BCUT2D eigenvalue weighted by Crippen LogP contribution is -2.24. The van der Waals surface area contributed by atoms with E-state index in [0.717, 1.165) is 33.5 Å². The molecular formula is C16H16BrNO2. The Morgan fingerprint density at radius 2 is 1.95 bits per heavy atom. The molecule has 2 aromatic rings. The van der Waals surface area contributed by atoms with Gasteiger partial charge in [-0.05, 0) is 23.8 Å². The second kappa shape index (κ2) is 5.46. The van der Waals surface area contributed by atoms with Crippen LogP contribution in [0.5, 0.6) is 11.5 Å². The van der Waals surface area contributed by atoms with Crippen molar-refractivity contribution in [2.24, 2.45) is 5.73 Å². The molecule has 3 nitrogen and oxygen atoms in total. The van der Waals surface area contributed by atoms with Gasteiger partial charge in [0.05, 0.1) is 7.11 Å². The van der Waals surface area contributed by atoms with Crippen LogP contribution in [0.4, 0.5) is 0 Å². The number of methoxy groups -OCH3 is 1. The normalized spacial score (nSPS) is 20.9. The average molecular weight is 334 g/mol. The van der Waals surface area contributed by atoms with Crippen molar-refractivity contribution < 1.29 is 9.47 Å². The van der Waals surface area contributed by atoms with Crippen LogP contribution in [0.25, 0.3) is 0 Å². The summed E-state index contributed by atoms with van der Waals surface area (Å²) in [6, 6.07) is 14.0. The number of benzene rings is 2. The van der Waals surface area contributed by atoms with Gasteiger partial charge in [-0.25, -0.2) is 0 Å². The maximum absolute atomic E-state index is 6.27. The molecule has 2 N–H and O–H groups in total. The monoisotopic (exact) mass is 333 g/mol. The van der Waals surface area contributed by atoms with Gasteiger partial charge in [0.25, 0.3) is 0 Å². The molecule has 4 heteroatoms. The minimum absolute atomic E-state index is 0.0155. The van der Waals surface area contributed by atoms with Gasteiger partial charge in [0.15, 0.2) is 0 Å². The summed E-state index contributed by atoms with van der Waals surface area (Å²) in [5, 5.41) is 0. The summed E-state index contributed by atoms with van der Waals surface area (Å²) in [7, 11) is 1.65. The van der Waals surface area contributed by atoms with Gasteiger partial charge < -0.3 is 15.2 Å². The predicted octanol–water partition coefficient (Wildman–Crippen LogP) is 3.98. The van der Waals surface area contributed by atoms with Gasteiger partial charge in [-0.1, -0.05) is 34.1 Å². The van der Waals surface area contributed by atoms with Crippen LogP contribution >= 0.6 is 15.9 Å². The summed E-state index contributed by atoms with van der Waals surface area (Å²) in [6.45, 7) is 0. The molecule has 2 atom stereocenters. The maximum Gasteiger partial charge on any atom is 0.128 e. The molecule has 3 rings (SSSR count). The quantitative estimate of drug-likeness (QED) is 0.903. The smallest absolute Gasteiger partial charge is 0.128 e. The van der Waals surface area contributed by atoms with Crippen LogP contribution in [-0.4, -0.2) is 7.11 Å². The van der Waals surface area contributed by atoms with Crippen molar-refractivity contribution in [1.82, 2.24) is 0 Å². The van der Waals surface area contributed by atoms with E-state index in [9.17, 15) is 0 Å². The molecule has 1 aliphatic rings. The van der Waals surface area contributed by atoms with Crippen molar-refractivity contribution >= 4 is 15.9 Å². The summed E-state index contributed by atoms with van der Waals surface area (Å²) in [6.07, 6.45) is 0.763. The second-order valence-electron chi connectivity index (χ2n) is 4.90. The largest absolute Gasteiger partial charge is 0.497 e. The van der Waals surface area contributed by atoms with E-state index < -0.39 is 0 Å². The molecule has 20 heavy (non-hydrogen) atoms. The van der Waals surface area contributed by atoms with Gasteiger partial charge in [-0.2, -0.15) is 0 Å². The maximum atomic E-state index is 6.27. The van der Waals surface area contributed by atoms with E-state index in [4.69, 9.17) is 15.2 Å². The van der Waals surface area contributed by atoms with Crippen LogP contribution in [0.3, 0.4) is 0 Å². The zero-order chi connectivity index (χ0) is 14.1. The highest BCUT2D eigenvalue weighted by atomic mass is 79.9. The molecule has 0 spiro atoms. The van der Waals surface area contributed by atoms with Crippen molar-refractivity contribution in [2.45, 2.75) is 18.6 Å². The van der Waals surface area contributed by atoms with Gasteiger partial charge in [0.2, 0.25) is 0 Å². The lowest BCUT2D eigenvalue weighted by molar-refractivity contribution is 0.161. The summed E-state index contributed by atoms with van der Waals surface area (Å²) < 4.78 is 12.4. The summed E-state index contributed by atoms with van der Waals surface area (Å²) in [5.74, 6) is 1.60. The molecule has 1 aliphatic heterocycles. The van der Waals surface area contributed by atoms with Crippen molar-refractivity contribution in [3.05, 3.63) is 58.1 Å². The zero-order valence-electron chi connectivity index (χ0n) is 11.2. The Morgan fingerprint density at radius 1 is 1.20 bits per heavy atom. The molecule has 0 fully saturated rings. The molecule has 0 amide bonds. The van der Waals surface area contributed by atoms with Crippen molar-refractivity contribution in [3.63, 3.8) is 0 Å². The molecule has 1 unspecified atom stereocenters. The van der Waals surface area contributed by atoms with Gasteiger partial charge in [0.1, 0.15) is 17.6 Å². The zero-order valence-corrected chi connectivity index (χ0v) is 12.8. The minimum Gasteiger partial charge on any atom is -0.497 e. The first-order valence-corrected chi connectivity index (χ1v) is 7.32. The van der Waals surface area contributed by atoms with E-state index in [1.54, 1.807) is 7.11 Å². The highest BCUT2D eigenvalue weighted by Crippen LogP contribution is 2.41. The molecule has 0 radical (unpaired) electrons. The van der Waals surface area contributed by atoms with E-state index in [2.05, 4.69) is 28.1 Å². The number of nitrogens with two attached hydrogens (primary N) is 1. The standard InChI is InChI=1S/C16H16BrNO2/c1-19-12-6-7-13-14(18)9-15(20-16(13)8-12)10-2-4-11(17)5-3-10/h2-8,14-15H,9,18H2,1H3/t14-,15?/m1/s1. The minimum atomic E-state index is -0.0160. The molecule has 104 valence electrons. The first-order chi connectivity index (χ1) is 9.67. The SMILES string of the molecule is COc1ccc2c(c1)OC(c1ccc(Br)cc1)C[C@H]2N. The Hall–Kier alpha value is -1.52. The third-order valence-electron chi connectivity index (χ3n) is 3.60. The molecule has 2 aromatic carbocycles. The van der Waals surface area contributed by atoms with Crippen molar-refractivity contribution in [1.29, 1.82) is 0 Å². The van der Waals surface area contributed by atoms with Crippen LogP contribution < -0.4 is 15.2 Å².